The van der Waals surface area contributed by atoms with Crippen LogP contribution in [0.3, 0.4) is 0 Å². The molecule has 0 aliphatic carbocycles. The minimum absolute atomic E-state index is 0.217. The average molecular weight is 268 g/mol. The number of esters is 1. The molecule has 3 heteroatoms. The van der Waals surface area contributed by atoms with E-state index in [0.29, 0.717) is 11.8 Å². The van der Waals surface area contributed by atoms with Crippen LogP contribution >= 0.6 is 11.3 Å². The summed E-state index contributed by atoms with van der Waals surface area (Å²) in [5.74, 6) is 1.02. The molecule has 0 fully saturated rings. The molecule has 0 amide bonds. The Morgan fingerprint density at radius 2 is 2.11 bits per heavy atom. The van der Waals surface area contributed by atoms with Gasteiger partial charge >= 0.3 is 5.97 Å². The number of rotatable bonds is 6. The molecule has 1 heterocycles. The Labute approximate surface area is 114 Å². The zero-order chi connectivity index (χ0) is 13.7. The molecule has 0 aromatic carbocycles. The Hall–Kier alpha value is -0.830. The molecule has 0 saturated heterocycles. The molecule has 2 nitrogen and oxygen atoms in total. The van der Waals surface area contributed by atoms with Crippen LogP contribution in [0.15, 0.2) is 5.38 Å². The lowest BCUT2D eigenvalue weighted by Gasteiger charge is -2.22. The molecule has 2 unspecified atom stereocenters. The molecular formula is C15H24O2S. The van der Waals surface area contributed by atoms with Crippen molar-refractivity contribution in [2.24, 2.45) is 5.92 Å². The predicted molar refractivity (Wildman–Crippen MR) is 77.5 cm³/mol. The fourth-order valence-corrected chi connectivity index (χ4v) is 3.80. The van der Waals surface area contributed by atoms with E-state index < -0.39 is 0 Å². The highest BCUT2D eigenvalue weighted by Crippen LogP contribution is 2.37. The first-order valence-electron chi connectivity index (χ1n) is 6.73. The number of ether oxygens (including phenoxy) is 1. The second kappa shape index (κ2) is 6.93. The van der Waals surface area contributed by atoms with Gasteiger partial charge in [-0.1, -0.05) is 40.0 Å². The molecule has 1 aromatic rings. The van der Waals surface area contributed by atoms with Gasteiger partial charge in [-0.15, -0.1) is 11.3 Å². The maximum atomic E-state index is 11.6. The Morgan fingerprint density at radius 3 is 2.61 bits per heavy atom. The van der Waals surface area contributed by atoms with Crippen molar-refractivity contribution >= 4 is 17.3 Å². The van der Waals surface area contributed by atoms with E-state index in [1.807, 2.05) is 12.3 Å². The van der Waals surface area contributed by atoms with Crippen LogP contribution in [0.5, 0.6) is 0 Å². The van der Waals surface area contributed by atoms with Crippen molar-refractivity contribution in [3.05, 3.63) is 21.4 Å². The fourth-order valence-electron chi connectivity index (χ4n) is 2.58. The first-order chi connectivity index (χ1) is 8.56. The van der Waals surface area contributed by atoms with E-state index in [1.165, 1.54) is 31.2 Å². The highest BCUT2D eigenvalue weighted by molar-refractivity contribution is 7.10. The molecule has 102 valence electrons. The summed E-state index contributed by atoms with van der Waals surface area (Å²) in [6.45, 7) is 8.80. The molecule has 2 atom stereocenters. The van der Waals surface area contributed by atoms with E-state index in [0.717, 1.165) is 11.1 Å². The van der Waals surface area contributed by atoms with E-state index in [1.54, 1.807) is 11.3 Å². The van der Waals surface area contributed by atoms with Gasteiger partial charge < -0.3 is 4.74 Å². The molecule has 18 heavy (non-hydrogen) atoms. The number of carbonyl (C=O) groups excluding carboxylic acids is 1. The van der Waals surface area contributed by atoms with Gasteiger partial charge in [-0.2, -0.15) is 0 Å². The van der Waals surface area contributed by atoms with Crippen LogP contribution in [-0.4, -0.2) is 13.1 Å². The number of hydrogen-bond donors (Lipinski definition) is 0. The average Bonchev–Trinajstić information content (AvgIpc) is 2.76. The fraction of sp³-hybridized carbons (Fsp3) is 0.667. The molecule has 0 aliphatic rings. The van der Waals surface area contributed by atoms with Crippen LogP contribution in [0.4, 0.5) is 0 Å². The van der Waals surface area contributed by atoms with Crippen LogP contribution in [0.1, 0.15) is 66.8 Å². The van der Waals surface area contributed by atoms with Gasteiger partial charge in [0.05, 0.1) is 12.7 Å². The van der Waals surface area contributed by atoms with Gasteiger partial charge in [0.25, 0.3) is 0 Å². The maximum absolute atomic E-state index is 11.6. The SMILES string of the molecule is CCCC(CC)C(C)c1scc(C(=O)OC)c1C. The largest absolute Gasteiger partial charge is 0.465 e. The molecule has 0 N–H and O–H groups in total. The summed E-state index contributed by atoms with van der Waals surface area (Å²) in [5, 5.41) is 1.94. The zero-order valence-electron chi connectivity index (χ0n) is 12.1. The van der Waals surface area contributed by atoms with E-state index >= 15 is 0 Å². The minimum Gasteiger partial charge on any atom is -0.465 e. The van der Waals surface area contributed by atoms with Crippen molar-refractivity contribution in [3.63, 3.8) is 0 Å². The molecule has 0 saturated carbocycles. The van der Waals surface area contributed by atoms with Crippen LogP contribution in [0, 0.1) is 12.8 Å². The van der Waals surface area contributed by atoms with Gasteiger partial charge in [-0.3, -0.25) is 0 Å². The third kappa shape index (κ3) is 3.14. The lowest BCUT2D eigenvalue weighted by molar-refractivity contribution is 0.0600. The standard InChI is InChI=1S/C15H24O2S/c1-6-8-12(7-2)10(3)14-11(4)13(9-18-14)15(16)17-5/h9-10,12H,6-8H2,1-5H3. The van der Waals surface area contributed by atoms with Crippen molar-refractivity contribution in [2.75, 3.05) is 7.11 Å². The van der Waals surface area contributed by atoms with Crippen LogP contribution in [0.25, 0.3) is 0 Å². The second-order valence-electron chi connectivity index (χ2n) is 4.88. The lowest BCUT2D eigenvalue weighted by atomic mass is 9.85. The first kappa shape index (κ1) is 15.2. The van der Waals surface area contributed by atoms with Gasteiger partial charge in [0.2, 0.25) is 0 Å². The third-order valence-electron chi connectivity index (χ3n) is 3.79. The van der Waals surface area contributed by atoms with E-state index in [-0.39, 0.29) is 5.97 Å². The molecule has 1 rings (SSSR count). The molecule has 0 aliphatic heterocycles. The Bertz CT molecular complexity index is 395. The quantitative estimate of drug-likeness (QED) is 0.694. The molecule has 1 aromatic heterocycles. The Balaban J connectivity index is 2.96. The Kier molecular flexibility index (Phi) is 5.86. The molecule has 0 radical (unpaired) electrons. The number of hydrogen-bond acceptors (Lipinski definition) is 3. The summed E-state index contributed by atoms with van der Waals surface area (Å²) in [6.07, 6.45) is 3.67. The smallest absolute Gasteiger partial charge is 0.338 e. The summed E-state index contributed by atoms with van der Waals surface area (Å²) >= 11 is 1.70. The minimum atomic E-state index is -0.217. The number of methoxy groups -OCH3 is 1. The predicted octanol–water partition coefficient (Wildman–Crippen LogP) is 4.77. The van der Waals surface area contributed by atoms with Crippen molar-refractivity contribution < 1.29 is 9.53 Å². The van der Waals surface area contributed by atoms with E-state index in [4.69, 9.17) is 4.74 Å². The molecule has 0 bridgehead atoms. The summed E-state index contributed by atoms with van der Waals surface area (Å²) in [7, 11) is 1.44. The van der Waals surface area contributed by atoms with Gasteiger partial charge in [0, 0.05) is 10.3 Å². The van der Waals surface area contributed by atoms with Crippen LogP contribution in [-0.2, 0) is 4.74 Å². The van der Waals surface area contributed by atoms with Crippen molar-refractivity contribution in [2.45, 2.75) is 52.9 Å². The van der Waals surface area contributed by atoms with Gasteiger partial charge in [0.15, 0.2) is 0 Å². The summed E-state index contributed by atoms with van der Waals surface area (Å²) in [5.41, 5.74) is 1.84. The lowest BCUT2D eigenvalue weighted by Crippen LogP contribution is -2.09. The van der Waals surface area contributed by atoms with Crippen LogP contribution < -0.4 is 0 Å². The number of thiophene rings is 1. The highest BCUT2D eigenvalue weighted by atomic mass is 32.1. The summed E-state index contributed by atoms with van der Waals surface area (Å²) in [4.78, 5) is 13.0. The highest BCUT2D eigenvalue weighted by Gasteiger charge is 2.23. The van der Waals surface area contributed by atoms with Gasteiger partial charge in [-0.05, 0) is 24.3 Å². The van der Waals surface area contributed by atoms with Crippen molar-refractivity contribution in [3.8, 4) is 0 Å². The van der Waals surface area contributed by atoms with Crippen molar-refractivity contribution in [1.29, 1.82) is 0 Å². The Morgan fingerprint density at radius 1 is 1.44 bits per heavy atom. The summed E-state index contributed by atoms with van der Waals surface area (Å²) in [6, 6.07) is 0. The topological polar surface area (TPSA) is 26.3 Å². The maximum Gasteiger partial charge on any atom is 0.338 e. The number of carbonyl (C=O) groups is 1. The van der Waals surface area contributed by atoms with E-state index in [2.05, 4.69) is 20.8 Å². The molecular weight excluding hydrogens is 244 g/mol. The normalized spacial score (nSPS) is 14.3. The van der Waals surface area contributed by atoms with Crippen molar-refractivity contribution in [1.82, 2.24) is 0 Å². The van der Waals surface area contributed by atoms with Gasteiger partial charge in [0.1, 0.15) is 0 Å². The summed E-state index contributed by atoms with van der Waals surface area (Å²) < 4.78 is 4.81. The molecule has 0 spiro atoms. The van der Waals surface area contributed by atoms with E-state index in [9.17, 15) is 4.79 Å². The first-order valence-corrected chi connectivity index (χ1v) is 7.60. The van der Waals surface area contributed by atoms with Gasteiger partial charge in [-0.25, -0.2) is 4.79 Å². The van der Waals surface area contributed by atoms with Crippen LogP contribution in [0.2, 0.25) is 0 Å². The second-order valence-corrected chi connectivity index (χ2v) is 5.79. The third-order valence-corrected chi connectivity index (χ3v) is 5.07. The monoisotopic (exact) mass is 268 g/mol. The zero-order valence-corrected chi connectivity index (χ0v) is 12.9.